The summed E-state index contributed by atoms with van der Waals surface area (Å²) in [6.07, 6.45) is 0.201. The van der Waals surface area contributed by atoms with Gasteiger partial charge >= 0.3 is 11.9 Å². The molecule has 1 rings (SSSR count). The van der Waals surface area contributed by atoms with E-state index in [-0.39, 0.29) is 17.3 Å². The summed E-state index contributed by atoms with van der Waals surface area (Å²) in [6.45, 7) is 14.2. The fraction of sp³-hybridized carbons (Fsp3) is 0.625. The highest BCUT2D eigenvalue weighted by Gasteiger charge is 2.30. The van der Waals surface area contributed by atoms with Gasteiger partial charge in [0, 0.05) is 16.2 Å². The highest BCUT2D eigenvalue weighted by Crippen LogP contribution is 2.39. The second-order valence-corrected chi connectivity index (χ2v) is 8.02. The van der Waals surface area contributed by atoms with Crippen molar-refractivity contribution in [2.75, 3.05) is 0 Å². The van der Waals surface area contributed by atoms with Gasteiger partial charge < -0.3 is 4.74 Å². The number of carbonyl (C=O) groups is 2. The first kappa shape index (κ1) is 16.9. The van der Waals surface area contributed by atoms with E-state index in [2.05, 4.69) is 41.5 Å². The lowest BCUT2D eigenvalue weighted by Crippen LogP contribution is -2.17. The summed E-state index contributed by atoms with van der Waals surface area (Å²) in [4.78, 5) is 25.6. The number of thiophene rings is 1. The van der Waals surface area contributed by atoms with E-state index in [4.69, 9.17) is 4.74 Å². The third-order valence-corrected chi connectivity index (χ3v) is 4.85. The highest BCUT2D eigenvalue weighted by atomic mass is 32.1. The summed E-state index contributed by atoms with van der Waals surface area (Å²) < 4.78 is 4.88. The molecule has 0 aliphatic heterocycles. The summed E-state index contributed by atoms with van der Waals surface area (Å²) in [5, 5.41) is 0. The molecule has 0 fully saturated rings. The maximum absolute atomic E-state index is 12.2. The predicted molar refractivity (Wildman–Crippen MR) is 82.4 cm³/mol. The number of rotatable bonds is 2. The predicted octanol–water partition coefficient (Wildman–Crippen LogP) is 4.44. The Kier molecular flexibility index (Phi) is 4.80. The van der Waals surface area contributed by atoms with Crippen LogP contribution in [0, 0.1) is 0 Å². The van der Waals surface area contributed by atoms with Crippen LogP contribution < -0.4 is 0 Å². The molecule has 0 spiro atoms. The van der Waals surface area contributed by atoms with Crippen LogP contribution in [0.25, 0.3) is 0 Å². The SMILES string of the molecule is CCC(=O)OC(=O)c1cc(C(C)(C)C)sc1C(C)(C)C. The lowest BCUT2D eigenvalue weighted by molar-refractivity contribution is -0.137. The van der Waals surface area contributed by atoms with Crippen LogP contribution in [0.2, 0.25) is 0 Å². The van der Waals surface area contributed by atoms with Crippen LogP contribution >= 0.6 is 11.3 Å². The normalized spacial score (nSPS) is 12.3. The van der Waals surface area contributed by atoms with E-state index in [1.807, 2.05) is 6.07 Å². The molecule has 20 heavy (non-hydrogen) atoms. The zero-order chi connectivity index (χ0) is 15.7. The molecule has 0 saturated carbocycles. The van der Waals surface area contributed by atoms with E-state index >= 15 is 0 Å². The second-order valence-electron chi connectivity index (χ2n) is 6.97. The Balaban J connectivity index is 3.27. The lowest BCUT2D eigenvalue weighted by atomic mass is 9.90. The molecule has 0 amide bonds. The van der Waals surface area contributed by atoms with Gasteiger partial charge in [0.1, 0.15) is 0 Å². The van der Waals surface area contributed by atoms with Crippen molar-refractivity contribution < 1.29 is 14.3 Å². The summed E-state index contributed by atoms with van der Waals surface area (Å²) >= 11 is 1.62. The molecule has 3 nitrogen and oxygen atoms in total. The Morgan fingerprint density at radius 2 is 1.65 bits per heavy atom. The Labute approximate surface area is 125 Å². The van der Waals surface area contributed by atoms with Gasteiger partial charge in [0.05, 0.1) is 5.56 Å². The minimum atomic E-state index is -0.534. The van der Waals surface area contributed by atoms with E-state index in [0.29, 0.717) is 5.56 Å². The second kappa shape index (κ2) is 5.68. The maximum atomic E-state index is 12.2. The van der Waals surface area contributed by atoms with Crippen LogP contribution in [0.4, 0.5) is 0 Å². The summed E-state index contributed by atoms with van der Waals surface area (Å²) in [5.41, 5.74) is 0.338. The van der Waals surface area contributed by atoms with E-state index < -0.39 is 11.9 Å². The first-order valence-electron chi connectivity index (χ1n) is 6.86. The monoisotopic (exact) mass is 296 g/mol. The molecule has 1 aromatic heterocycles. The van der Waals surface area contributed by atoms with Gasteiger partial charge in [-0.3, -0.25) is 4.79 Å². The van der Waals surface area contributed by atoms with Gasteiger partial charge in [-0.1, -0.05) is 48.5 Å². The zero-order valence-electron chi connectivity index (χ0n) is 13.4. The van der Waals surface area contributed by atoms with Crippen molar-refractivity contribution in [2.45, 2.75) is 65.7 Å². The van der Waals surface area contributed by atoms with Crippen LogP contribution in [-0.2, 0) is 20.4 Å². The maximum Gasteiger partial charge on any atom is 0.346 e. The summed E-state index contributed by atoms with van der Waals surface area (Å²) in [6, 6.07) is 1.87. The third kappa shape index (κ3) is 3.92. The molecule has 0 saturated heterocycles. The Morgan fingerprint density at radius 3 is 2.05 bits per heavy atom. The smallest absolute Gasteiger partial charge is 0.346 e. The molecule has 0 N–H and O–H groups in total. The number of hydrogen-bond acceptors (Lipinski definition) is 4. The molecule has 4 heteroatoms. The molecule has 0 aromatic carbocycles. The highest BCUT2D eigenvalue weighted by molar-refractivity contribution is 7.12. The van der Waals surface area contributed by atoms with Gasteiger partial charge in [0.15, 0.2) is 0 Å². The van der Waals surface area contributed by atoms with E-state index in [0.717, 1.165) is 9.75 Å². The third-order valence-electron chi connectivity index (χ3n) is 2.87. The molecule has 1 aromatic rings. The quantitative estimate of drug-likeness (QED) is 0.598. The molecule has 0 unspecified atom stereocenters. The molecule has 0 radical (unpaired) electrons. The lowest BCUT2D eigenvalue weighted by Gasteiger charge is -2.19. The van der Waals surface area contributed by atoms with Crippen LogP contribution in [0.1, 0.15) is 75.0 Å². The van der Waals surface area contributed by atoms with Crippen LogP contribution in [0.3, 0.4) is 0 Å². The fourth-order valence-corrected chi connectivity index (χ4v) is 2.96. The van der Waals surface area contributed by atoms with Crippen molar-refractivity contribution in [3.05, 3.63) is 21.4 Å². The Bertz CT molecular complexity index is 513. The molecule has 112 valence electrons. The summed E-state index contributed by atoms with van der Waals surface area (Å²) in [7, 11) is 0. The minimum Gasteiger partial charge on any atom is -0.389 e. The first-order valence-corrected chi connectivity index (χ1v) is 7.68. The average Bonchev–Trinajstić information content (AvgIpc) is 2.72. The van der Waals surface area contributed by atoms with Gasteiger partial charge in [0.25, 0.3) is 0 Å². The summed E-state index contributed by atoms with van der Waals surface area (Å²) in [5.74, 6) is -1.02. The molecule has 0 aliphatic carbocycles. The molecule has 0 atom stereocenters. The fourth-order valence-electron chi connectivity index (χ4n) is 1.70. The minimum absolute atomic E-state index is 0.0298. The number of carbonyl (C=O) groups excluding carboxylic acids is 2. The van der Waals surface area contributed by atoms with Crippen molar-refractivity contribution in [3.8, 4) is 0 Å². The molecule has 1 heterocycles. The van der Waals surface area contributed by atoms with Crippen molar-refractivity contribution in [1.82, 2.24) is 0 Å². The number of hydrogen-bond donors (Lipinski definition) is 0. The van der Waals surface area contributed by atoms with Crippen molar-refractivity contribution in [1.29, 1.82) is 0 Å². The van der Waals surface area contributed by atoms with E-state index in [9.17, 15) is 9.59 Å². The first-order chi connectivity index (χ1) is 8.96. The molecular weight excluding hydrogens is 272 g/mol. The van der Waals surface area contributed by atoms with Crippen molar-refractivity contribution in [3.63, 3.8) is 0 Å². The molecular formula is C16H24O3S. The van der Waals surface area contributed by atoms with Crippen LogP contribution in [0.5, 0.6) is 0 Å². The van der Waals surface area contributed by atoms with Crippen LogP contribution in [-0.4, -0.2) is 11.9 Å². The van der Waals surface area contributed by atoms with Crippen LogP contribution in [0.15, 0.2) is 6.07 Å². The average molecular weight is 296 g/mol. The van der Waals surface area contributed by atoms with Gasteiger partial charge in [0.2, 0.25) is 0 Å². The number of ether oxygens (including phenoxy) is 1. The Hall–Kier alpha value is -1.16. The number of esters is 2. The Morgan fingerprint density at radius 1 is 1.10 bits per heavy atom. The van der Waals surface area contributed by atoms with Gasteiger partial charge in [-0.25, -0.2) is 4.79 Å². The van der Waals surface area contributed by atoms with Gasteiger partial charge in [-0.05, 0) is 16.9 Å². The largest absolute Gasteiger partial charge is 0.389 e. The van der Waals surface area contributed by atoms with Gasteiger partial charge in [-0.2, -0.15) is 0 Å². The topological polar surface area (TPSA) is 43.4 Å². The van der Waals surface area contributed by atoms with Crippen molar-refractivity contribution in [2.24, 2.45) is 0 Å². The standard InChI is InChI=1S/C16H24O3S/c1-8-12(17)19-14(18)10-9-11(15(2,3)4)20-13(10)16(5,6)7/h9H,8H2,1-7H3. The van der Waals surface area contributed by atoms with Crippen molar-refractivity contribution >= 4 is 23.3 Å². The molecule has 0 aliphatic rings. The molecule has 0 bridgehead atoms. The van der Waals surface area contributed by atoms with E-state index in [1.165, 1.54) is 0 Å². The zero-order valence-corrected chi connectivity index (χ0v) is 14.2. The van der Waals surface area contributed by atoms with Gasteiger partial charge in [-0.15, -0.1) is 11.3 Å². The van der Waals surface area contributed by atoms with E-state index in [1.54, 1.807) is 18.3 Å².